The van der Waals surface area contributed by atoms with Crippen molar-refractivity contribution in [2.24, 2.45) is 0 Å². The normalized spacial score (nSPS) is 28.6. The third-order valence-corrected chi connectivity index (χ3v) is 2.30. The number of likely N-dealkylation sites (N-methyl/N-ethyl adjacent to an activating group) is 1. The van der Waals surface area contributed by atoms with Crippen LogP contribution in [0.5, 0.6) is 0 Å². The Kier molecular flexibility index (Phi) is 3.46. The van der Waals surface area contributed by atoms with Gasteiger partial charge in [-0.15, -0.1) is 0 Å². The van der Waals surface area contributed by atoms with Gasteiger partial charge in [-0.25, -0.2) is 0 Å². The minimum Gasteiger partial charge on any atom is -0.481 e. The molecule has 1 saturated heterocycles. The van der Waals surface area contributed by atoms with Crippen molar-refractivity contribution in [2.75, 3.05) is 13.1 Å². The number of aliphatic carboxylic acids is 1. The molecule has 14 heavy (non-hydrogen) atoms. The van der Waals surface area contributed by atoms with Gasteiger partial charge >= 0.3 is 11.9 Å². The van der Waals surface area contributed by atoms with Crippen LogP contribution in [0.4, 0.5) is 0 Å². The molecular weight excluding hydrogens is 186 g/mol. The molecule has 0 amide bonds. The van der Waals surface area contributed by atoms with Gasteiger partial charge in [0.1, 0.15) is 12.1 Å². The summed E-state index contributed by atoms with van der Waals surface area (Å²) >= 11 is 0. The lowest BCUT2D eigenvalue weighted by Gasteiger charge is -2.35. The largest absolute Gasteiger partial charge is 0.481 e. The molecule has 0 bridgehead atoms. The van der Waals surface area contributed by atoms with Crippen LogP contribution in [0.3, 0.4) is 0 Å². The number of hydrogen-bond donors (Lipinski definition) is 1. The maximum atomic E-state index is 11.4. The van der Waals surface area contributed by atoms with E-state index in [4.69, 9.17) is 9.84 Å². The second kappa shape index (κ2) is 4.41. The Morgan fingerprint density at radius 2 is 2.36 bits per heavy atom. The Bertz CT molecular complexity index is 241. The average molecular weight is 201 g/mol. The average Bonchev–Trinajstić information content (AvgIpc) is 2.08. The molecule has 5 nitrogen and oxygen atoms in total. The topological polar surface area (TPSA) is 66.8 Å². The summed E-state index contributed by atoms with van der Waals surface area (Å²) in [6.07, 6.45) is -0.327. The third kappa shape index (κ3) is 2.45. The maximum Gasteiger partial charge on any atom is 0.324 e. The van der Waals surface area contributed by atoms with Gasteiger partial charge in [0.15, 0.2) is 0 Å². The Hall–Kier alpha value is -1.10. The molecule has 0 aliphatic carbocycles. The van der Waals surface area contributed by atoms with Gasteiger partial charge in [0, 0.05) is 6.54 Å². The van der Waals surface area contributed by atoms with Crippen LogP contribution in [-0.2, 0) is 14.3 Å². The van der Waals surface area contributed by atoms with Gasteiger partial charge in [-0.2, -0.15) is 0 Å². The van der Waals surface area contributed by atoms with E-state index in [-0.39, 0.29) is 12.5 Å². The third-order valence-electron chi connectivity index (χ3n) is 2.30. The number of morpholine rings is 1. The highest BCUT2D eigenvalue weighted by Crippen LogP contribution is 2.15. The molecule has 0 radical (unpaired) electrons. The number of ether oxygens (including phenoxy) is 1. The quantitative estimate of drug-likeness (QED) is 0.656. The second-order valence-corrected chi connectivity index (χ2v) is 3.45. The fourth-order valence-corrected chi connectivity index (χ4v) is 1.65. The number of carboxylic acids is 1. The van der Waals surface area contributed by atoms with Gasteiger partial charge in [0.2, 0.25) is 0 Å². The van der Waals surface area contributed by atoms with E-state index in [1.807, 2.05) is 11.8 Å². The molecule has 1 N–H and O–H groups in total. The first-order valence-corrected chi connectivity index (χ1v) is 4.71. The zero-order valence-electron chi connectivity index (χ0n) is 8.40. The van der Waals surface area contributed by atoms with Gasteiger partial charge in [-0.3, -0.25) is 14.5 Å². The van der Waals surface area contributed by atoms with E-state index in [2.05, 4.69) is 0 Å². The van der Waals surface area contributed by atoms with Gasteiger partial charge < -0.3 is 9.84 Å². The highest BCUT2D eigenvalue weighted by molar-refractivity contribution is 5.82. The molecule has 0 spiro atoms. The van der Waals surface area contributed by atoms with E-state index in [9.17, 15) is 9.59 Å². The first kappa shape index (κ1) is 11.0. The van der Waals surface area contributed by atoms with Crippen molar-refractivity contribution in [3.63, 3.8) is 0 Å². The van der Waals surface area contributed by atoms with Crippen LogP contribution in [0.1, 0.15) is 20.3 Å². The van der Waals surface area contributed by atoms with Crippen molar-refractivity contribution in [3.05, 3.63) is 0 Å². The molecule has 1 unspecified atom stereocenters. The Morgan fingerprint density at radius 1 is 1.71 bits per heavy atom. The van der Waals surface area contributed by atoms with Crippen LogP contribution in [0, 0.1) is 0 Å². The van der Waals surface area contributed by atoms with E-state index in [1.54, 1.807) is 6.92 Å². The van der Waals surface area contributed by atoms with Crippen molar-refractivity contribution >= 4 is 11.9 Å². The summed E-state index contributed by atoms with van der Waals surface area (Å²) < 4.78 is 4.99. The Morgan fingerprint density at radius 3 is 2.86 bits per heavy atom. The van der Waals surface area contributed by atoms with Crippen LogP contribution >= 0.6 is 0 Å². The van der Waals surface area contributed by atoms with Crippen LogP contribution in [0.15, 0.2) is 0 Å². The summed E-state index contributed by atoms with van der Waals surface area (Å²) in [6.45, 7) is 4.98. The number of rotatable bonds is 3. The second-order valence-electron chi connectivity index (χ2n) is 3.45. The van der Waals surface area contributed by atoms with Gasteiger partial charge in [-0.1, -0.05) is 6.92 Å². The summed E-state index contributed by atoms with van der Waals surface area (Å²) in [5.74, 6) is -1.40. The zero-order valence-corrected chi connectivity index (χ0v) is 8.40. The fraction of sp³-hybridized carbons (Fsp3) is 0.778. The molecule has 0 aromatic rings. The molecule has 5 heteroatoms. The molecule has 0 aromatic carbocycles. The molecule has 0 aromatic heterocycles. The number of hydrogen-bond acceptors (Lipinski definition) is 4. The van der Waals surface area contributed by atoms with E-state index < -0.39 is 18.0 Å². The number of esters is 1. The predicted molar refractivity (Wildman–Crippen MR) is 48.8 cm³/mol. The smallest absolute Gasteiger partial charge is 0.324 e. The summed E-state index contributed by atoms with van der Waals surface area (Å²) in [5.41, 5.74) is 0. The van der Waals surface area contributed by atoms with Crippen LogP contribution < -0.4 is 0 Å². The van der Waals surface area contributed by atoms with Crippen LogP contribution in [-0.4, -0.2) is 47.2 Å². The van der Waals surface area contributed by atoms with E-state index in [0.717, 1.165) is 0 Å². The predicted octanol–water partition coefficient (Wildman–Crippen LogP) is 0.0969. The SMILES string of the molecule is CCN1C[C@H](C)OC(=O)C1CC(=O)O. The van der Waals surface area contributed by atoms with Crippen molar-refractivity contribution in [2.45, 2.75) is 32.4 Å². The van der Waals surface area contributed by atoms with Crippen molar-refractivity contribution < 1.29 is 19.4 Å². The Labute approximate surface area is 82.6 Å². The van der Waals surface area contributed by atoms with Gasteiger partial charge in [-0.05, 0) is 13.5 Å². The molecule has 1 aliphatic rings. The fourth-order valence-electron chi connectivity index (χ4n) is 1.65. The minimum absolute atomic E-state index is 0.146. The number of carboxylic acid groups (broad SMARTS) is 1. The summed E-state index contributed by atoms with van der Waals surface area (Å²) in [5, 5.41) is 8.63. The van der Waals surface area contributed by atoms with E-state index >= 15 is 0 Å². The molecule has 1 fully saturated rings. The standard InChI is InChI=1S/C9H15NO4/c1-3-10-5-6(2)14-9(13)7(10)4-8(11)12/h6-7H,3-5H2,1-2H3,(H,11,12)/t6-,7?/m0/s1. The molecule has 0 saturated carbocycles. The lowest BCUT2D eigenvalue weighted by Crippen LogP contribution is -2.52. The summed E-state index contributed by atoms with van der Waals surface area (Å²) in [7, 11) is 0. The van der Waals surface area contributed by atoms with Crippen molar-refractivity contribution in [3.8, 4) is 0 Å². The monoisotopic (exact) mass is 201 g/mol. The van der Waals surface area contributed by atoms with E-state index in [1.165, 1.54) is 0 Å². The molecule has 80 valence electrons. The number of carbonyl (C=O) groups is 2. The van der Waals surface area contributed by atoms with Gasteiger partial charge in [0.05, 0.1) is 6.42 Å². The number of cyclic esters (lactones) is 1. The number of carbonyl (C=O) groups excluding carboxylic acids is 1. The summed E-state index contributed by atoms with van der Waals surface area (Å²) in [6, 6.07) is -0.617. The first-order chi connectivity index (χ1) is 6.54. The van der Waals surface area contributed by atoms with Gasteiger partial charge in [0.25, 0.3) is 0 Å². The van der Waals surface area contributed by atoms with Crippen LogP contribution in [0.25, 0.3) is 0 Å². The van der Waals surface area contributed by atoms with E-state index in [0.29, 0.717) is 13.1 Å². The number of nitrogens with zero attached hydrogens (tertiary/aromatic N) is 1. The highest BCUT2D eigenvalue weighted by atomic mass is 16.5. The van der Waals surface area contributed by atoms with Crippen molar-refractivity contribution in [1.82, 2.24) is 4.90 Å². The molecule has 1 rings (SSSR count). The van der Waals surface area contributed by atoms with Crippen LogP contribution in [0.2, 0.25) is 0 Å². The molecule has 1 heterocycles. The maximum absolute atomic E-state index is 11.4. The molecule has 2 atom stereocenters. The van der Waals surface area contributed by atoms with Crippen molar-refractivity contribution in [1.29, 1.82) is 0 Å². The molecule has 1 aliphatic heterocycles. The first-order valence-electron chi connectivity index (χ1n) is 4.71. The zero-order chi connectivity index (χ0) is 10.7. The Balaban J connectivity index is 2.68. The minimum atomic E-state index is -0.972. The highest BCUT2D eigenvalue weighted by Gasteiger charge is 2.35. The lowest BCUT2D eigenvalue weighted by atomic mass is 10.1. The molecular formula is C9H15NO4. The lowest BCUT2D eigenvalue weighted by molar-refractivity contribution is -0.168. The summed E-state index contributed by atoms with van der Waals surface area (Å²) in [4.78, 5) is 23.7.